The summed E-state index contributed by atoms with van der Waals surface area (Å²) in [7, 11) is 2.99. The average molecular weight is 235 g/mol. The van der Waals surface area contributed by atoms with Gasteiger partial charge in [0.25, 0.3) is 0 Å². The summed E-state index contributed by atoms with van der Waals surface area (Å²) in [6, 6.07) is 7.13. The Balaban J connectivity index is 2.23. The zero-order valence-corrected chi connectivity index (χ0v) is 10.1. The monoisotopic (exact) mass is 235 g/mol. The molecule has 0 amide bonds. The normalized spacial score (nSPS) is 18.3. The van der Waals surface area contributed by atoms with Gasteiger partial charge in [0.15, 0.2) is 0 Å². The topological polar surface area (TPSA) is 61.5 Å². The molecule has 1 fully saturated rings. The molecule has 1 aliphatic rings. The van der Waals surface area contributed by atoms with E-state index in [-0.39, 0.29) is 11.4 Å². The van der Waals surface area contributed by atoms with Gasteiger partial charge in [0, 0.05) is 5.41 Å². The Labute approximate surface area is 101 Å². The minimum atomic E-state index is -0.583. The summed E-state index contributed by atoms with van der Waals surface area (Å²) in [4.78, 5) is 11.5. The predicted molar refractivity (Wildman–Crippen MR) is 63.9 cm³/mol. The smallest absolute Gasteiger partial charge is 0.323 e. The molecule has 1 aromatic rings. The molecule has 0 saturated heterocycles. The maximum Gasteiger partial charge on any atom is 0.323 e. The van der Waals surface area contributed by atoms with Crippen molar-refractivity contribution in [3.63, 3.8) is 0 Å². The highest BCUT2D eigenvalue weighted by Gasteiger charge is 2.52. The summed E-state index contributed by atoms with van der Waals surface area (Å²) in [5.74, 6) is 0.453. The molecule has 1 unspecified atom stereocenters. The second kappa shape index (κ2) is 4.37. The molecule has 1 saturated carbocycles. The molecule has 1 atom stereocenters. The molecule has 0 radical (unpaired) electrons. The van der Waals surface area contributed by atoms with Gasteiger partial charge < -0.3 is 15.2 Å². The van der Waals surface area contributed by atoms with Crippen LogP contribution in [-0.4, -0.2) is 26.2 Å². The van der Waals surface area contributed by atoms with E-state index in [0.717, 1.165) is 24.2 Å². The van der Waals surface area contributed by atoms with Crippen molar-refractivity contribution in [2.75, 3.05) is 14.2 Å². The second-order valence-corrected chi connectivity index (χ2v) is 4.39. The Morgan fingerprint density at radius 1 is 1.29 bits per heavy atom. The molecular formula is C13H17NO3. The third-order valence-corrected chi connectivity index (χ3v) is 3.50. The maximum atomic E-state index is 11.5. The lowest BCUT2D eigenvalue weighted by Gasteiger charge is -2.21. The van der Waals surface area contributed by atoms with Gasteiger partial charge in [0.05, 0.1) is 14.2 Å². The van der Waals surface area contributed by atoms with Gasteiger partial charge in [-0.3, -0.25) is 4.79 Å². The fourth-order valence-corrected chi connectivity index (χ4v) is 2.19. The summed E-state index contributed by atoms with van der Waals surface area (Å²) in [5.41, 5.74) is 6.81. The quantitative estimate of drug-likeness (QED) is 0.797. The Kier molecular flexibility index (Phi) is 3.07. The van der Waals surface area contributed by atoms with E-state index in [4.69, 9.17) is 15.2 Å². The number of hydrogen-bond donors (Lipinski definition) is 1. The van der Waals surface area contributed by atoms with E-state index in [9.17, 15) is 4.79 Å². The summed E-state index contributed by atoms with van der Waals surface area (Å²) in [6.45, 7) is 0. The van der Waals surface area contributed by atoms with Crippen LogP contribution in [0.5, 0.6) is 5.75 Å². The predicted octanol–water partition coefficient (Wildman–Crippen LogP) is 1.23. The van der Waals surface area contributed by atoms with Gasteiger partial charge in [-0.15, -0.1) is 0 Å². The molecule has 1 aliphatic carbocycles. The van der Waals surface area contributed by atoms with Crippen LogP contribution in [0.2, 0.25) is 0 Å². The van der Waals surface area contributed by atoms with Crippen LogP contribution in [0.3, 0.4) is 0 Å². The fraction of sp³-hybridized carbons (Fsp3) is 0.462. The molecule has 2 N–H and O–H groups in total. The summed E-state index contributed by atoms with van der Waals surface area (Å²) in [5, 5.41) is 0. The number of nitrogens with two attached hydrogens (primary N) is 1. The van der Waals surface area contributed by atoms with Crippen molar-refractivity contribution in [3.8, 4) is 5.75 Å². The highest BCUT2D eigenvalue weighted by atomic mass is 16.5. The van der Waals surface area contributed by atoms with Crippen LogP contribution < -0.4 is 10.5 Å². The average Bonchev–Trinajstić information content (AvgIpc) is 3.18. The molecule has 1 aromatic carbocycles. The Morgan fingerprint density at radius 2 is 1.88 bits per heavy atom. The highest BCUT2D eigenvalue weighted by Crippen LogP contribution is 2.50. The third-order valence-electron chi connectivity index (χ3n) is 3.50. The van der Waals surface area contributed by atoms with Gasteiger partial charge in [0.1, 0.15) is 11.8 Å². The van der Waals surface area contributed by atoms with E-state index in [1.165, 1.54) is 7.11 Å². The number of benzene rings is 1. The van der Waals surface area contributed by atoms with E-state index >= 15 is 0 Å². The van der Waals surface area contributed by atoms with Crippen LogP contribution in [-0.2, 0) is 14.9 Å². The number of methoxy groups -OCH3 is 2. The number of esters is 1. The van der Waals surface area contributed by atoms with Gasteiger partial charge in [-0.2, -0.15) is 0 Å². The van der Waals surface area contributed by atoms with Gasteiger partial charge in [-0.1, -0.05) is 12.1 Å². The molecule has 4 heteroatoms. The van der Waals surface area contributed by atoms with E-state index in [0.29, 0.717) is 0 Å². The van der Waals surface area contributed by atoms with Crippen LogP contribution in [0.25, 0.3) is 0 Å². The Morgan fingerprint density at radius 3 is 2.29 bits per heavy atom. The maximum absolute atomic E-state index is 11.5. The zero-order chi connectivity index (χ0) is 12.5. The zero-order valence-electron chi connectivity index (χ0n) is 10.1. The first-order chi connectivity index (χ1) is 8.14. The first-order valence-corrected chi connectivity index (χ1v) is 5.62. The fourth-order valence-electron chi connectivity index (χ4n) is 2.19. The summed E-state index contributed by atoms with van der Waals surface area (Å²) < 4.78 is 9.82. The van der Waals surface area contributed by atoms with E-state index in [2.05, 4.69) is 0 Å². The van der Waals surface area contributed by atoms with Crippen molar-refractivity contribution in [1.82, 2.24) is 0 Å². The lowest BCUT2D eigenvalue weighted by atomic mass is 9.88. The summed E-state index contributed by atoms with van der Waals surface area (Å²) >= 11 is 0. The highest BCUT2D eigenvalue weighted by molar-refractivity contribution is 5.78. The van der Waals surface area contributed by atoms with E-state index < -0.39 is 6.04 Å². The minimum Gasteiger partial charge on any atom is -0.497 e. The van der Waals surface area contributed by atoms with Crippen molar-refractivity contribution in [2.45, 2.75) is 24.3 Å². The number of carbonyl (C=O) groups excluding carboxylic acids is 1. The van der Waals surface area contributed by atoms with Crippen molar-refractivity contribution < 1.29 is 14.3 Å². The van der Waals surface area contributed by atoms with E-state index in [1.54, 1.807) is 7.11 Å². The van der Waals surface area contributed by atoms with Gasteiger partial charge >= 0.3 is 5.97 Å². The Hall–Kier alpha value is -1.55. The molecule has 0 aromatic heterocycles. The molecule has 0 bridgehead atoms. The first kappa shape index (κ1) is 11.9. The van der Waals surface area contributed by atoms with E-state index in [1.807, 2.05) is 24.3 Å². The molecule has 92 valence electrons. The molecule has 17 heavy (non-hydrogen) atoms. The summed E-state index contributed by atoms with van der Waals surface area (Å²) in [6.07, 6.45) is 1.85. The molecular weight excluding hydrogens is 218 g/mol. The van der Waals surface area contributed by atoms with Crippen molar-refractivity contribution in [1.29, 1.82) is 0 Å². The molecule has 0 aliphatic heterocycles. The third kappa shape index (κ3) is 2.00. The van der Waals surface area contributed by atoms with Crippen molar-refractivity contribution >= 4 is 5.97 Å². The molecule has 0 heterocycles. The number of rotatable bonds is 4. The number of carbonyl (C=O) groups is 1. The number of hydrogen-bond acceptors (Lipinski definition) is 4. The minimum absolute atomic E-state index is 0.237. The van der Waals surface area contributed by atoms with Crippen molar-refractivity contribution in [3.05, 3.63) is 29.8 Å². The number of ether oxygens (including phenoxy) is 2. The van der Waals surface area contributed by atoms with Crippen LogP contribution in [0.4, 0.5) is 0 Å². The van der Waals surface area contributed by atoms with Crippen LogP contribution in [0, 0.1) is 0 Å². The van der Waals surface area contributed by atoms with Crippen LogP contribution in [0.15, 0.2) is 24.3 Å². The first-order valence-electron chi connectivity index (χ1n) is 5.62. The standard InChI is InChI=1S/C13H17NO3/c1-16-10-5-3-9(4-6-10)13(7-8-13)11(14)12(15)17-2/h3-6,11H,7-8,14H2,1-2H3. The second-order valence-electron chi connectivity index (χ2n) is 4.39. The largest absolute Gasteiger partial charge is 0.497 e. The molecule has 0 spiro atoms. The van der Waals surface area contributed by atoms with Gasteiger partial charge in [-0.05, 0) is 30.5 Å². The van der Waals surface area contributed by atoms with Crippen molar-refractivity contribution in [2.24, 2.45) is 5.73 Å². The lowest BCUT2D eigenvalue weighted by Crippen LogP contribution is -2.42. The SMILES string of the molecule is COC(=O)C(N)C1(c2ccc(OC)cc2)CC1. The lowest BCUT2D eigenvalue weighted by molar-refractivity contribution is -0.143. The molecule has 2 rings (SSSR count). The Bertz CT molecular complexity index is 409. The van der Waals surface area contributed by atoms with Gasteiger partial charge in [-0.25, -0.2) is 0 Å². The van der Waals surface area contributed by atoms with Gasteiger partial charge in [0.2, 0.25) is 0 Å². The van der Waals surface area contributed by atoms with Crippen LogP contribution >= 0.6 is 0 Å². The molecule has 4 nitrogen and oxygen atoms in total. The van der Waals surface area contributed by atoms with Crippen LogP contribution in [0.1, 0.15) is 18.4 Å².